The zero-order chi connectivity index (χ0) is 25.6. The van der Waals surface area contributed by atoms with E-state index in [0.29, 0.717) is 23.7 Å². The number of hydrogen-bond donors (Lipinski definition) is 0. The summed E-state index contributed by atoms with van der Waals surface area (Å²) in [5, 5.41) is 2.71. The molecule has 1 aliphatic rings. The van der Waals surface area contributed by atoms with Gasteiger partial charge in [0.1, 0.15) is 14.1 Å². The highest BCUT2D eigenvalue weighted by atomic mass is 14.9. The summed E-state index contributed by atoms with van der Waals surface area (Å²) in [6.07, 6.45) is 4.49. The second-order valence-electron chi connectivity index (χ2n) is 10.7. The van der Waals surface area contributed by atoms with Crippen molar-refractivity contribution in [1.82, 2.24) is 0 Å². The maximum atomic E-state index is 2.37. The Morgan fingerprint density at radius 1 is 0.395 bits per heavy atom. The van der Waals surface area contributed by atoms with E-state index >= 15 is 0 Å². The molecule has 0 unspecified atom stereocenters. The molecule has 0 atom stereocenters. The Balaban J connectivity index is 1.51. The van der Waals surface area contributed by atoms with Crippen LogP contribution in [0.3, 0.4) is 0 Å². The second kappa shape index (κ2) is 9.22. The van der Waals surface area contributed by atoms with E-state index < -0.39 is 0 Å². The van der Waals surface area contributed by atoms with Crippen molar-refractivity contribution in [3.05, 3.63) is 156 Å². The van der Waals surface area contributed by atoms with Gasteiger partial charge in [-0.1, -0.05) is 84.9 Å². The van der Waals surface area contributed by atoms with Crippen LogP contribution in [0.2, 0.25) is 0 Å². The Morgan fingerprint density at radius 2 is 0.763 bits per heavy atom. The largest absolute Gasteiger partial charge is 0.212 e. The van der Waals surface area contributed by atoms with Gasteiger partial charge in [-0.25, -0.2) is 9.13 Å². The standard InChI is InChI=1S/C36H32N2/c1-37-23-21-29(27-17-9-11-19-31(27)37)35-33(25-13-5-3-6-14-25)36(34(35)26-15-7-4-8-16-26)30-22-24-38(2)32-20-12-10-18-28(30)32/h3-24,33-36H,1-2H3/q+2. The summed E-state index contributed by atoms with van der Waals surface area (Å²) in [5.74, 6) is 1.47. The molecule has 2 heterocycles. The molecule has 0 radical (unpaired) electrons. The maximum Gasteiger partial charge on any atom is 0.212 e. The van der Waals surface area contributed by atoms with Crippen LogP contribution in [-0.2, 0) is 14.1 Å². The molecule has 0 N–H and O–H groups in total. The normalized spacial score (nSPS) is 20.9. The van der Waals surface area contributed by atoms with Crippen LogP contribution in [0.1, 0.15) is 45.9 Å². The SMILES string of the molecule is C[n+]1ccc(C2C(c3ccccc3)C(c3cc[n+](C)c4ccccc34)C2c2ccccc2)c2ccccc21. The number of nitrogens with zero attached hydrogens (tertiary/aromatic N) is 2. The van der Waals surface area contributed by atoms with Gasteiger partial charge in [0.05, 0.1) is 0 Å². The number of pyridine rings is 2. The molecule has 2 aromatic heterocycles. The van der Waals surface area contributed by atoms with Crippen molar-refractivity contribution < 1.29 is 9.13 Å². The summed E-state index contributed by atoms with van der Waals surface area (Å²) in [5.41, 5.74) is 8.30. The topological polar surface area (TPSA) is 7.76 Å². The molecule has 7 rings (SSSR count). The third kappa shape index (κ3) is 3.55. The summed E-state index contributed by atoms with van der Waals surface area (Å²) in [6.45, 7) is 0. The molecule has 1 fully saturated rings. The molecule has 2 nitrogen and oxygen atoms in total. The van der Waals surface area contributed by atoms with Crippen LogP contribution in [0, 0.1) is 0 Å². The average Bonchev–Trinajstić information content (AvgIpc) is 2.96. The minimum absolute atomic E-state index is 0.364. The quantitative estimate of drug-likeness (QED) is 0.232. The minimum atomic E-state index is 0.364. The molecule has 0 bridgehead atoms. The molecule has 6 aromatic rings. The Labute approximate surface area is 224 Å². The summed E-state index contributed by atoms with van der Waals surface area (Å²) in [6, 6.07) is 44.9. The molecule has 4 aromatic carbocycles. The predicted octanol–water partition coefficient (Wildman–Crippen LogP) is 7.09. The van der Waals surface area contributed by atoms with Gasteiger partial charge in [0.2, 0.25) is 11.0 Å². The molecule has 2 heteroatoms. The first-order chi connectivity index (χ1) is 18.7. The summed E-state index contributed by atoms with van der Waals surface area (Å²) >= 11 is 0. The number of rotatable bonds is 4. The van der Waals surface area contributed by atoms with E-state index in [9.17, 15) is 0 Å². The summed E-state index contributed by atoms with van der Waals surface area (Å²) in [4.78, 5) is 0. The first kappa shape index (κ1) is 22.9. The third-order valence-electron chi connectivity index (χ3n) is 8.78. The fourth-order valence-corrected chi connectivity index (χ4v) is 7.06. The van der Waals surface area contributed by atoms with Crippen LogP contribution >= 0.6 is 0 Å². The number of hydrogen-bond acceptors (Lipinski definition) is 0. The van der Waals surface area contributed by atoms with E-state index in [-0.39, 0.29) is 0 Å². The lowest BCUT2D eigenvalue weighted by Gasteiger charge is -2.54. The van der Waals surface area contributed by atoms with Crippen LogP contribution in [0.15, 0.2) is 134 Å². The smallest absolute Gasteiger partial charge is 0.201 e. The molecule has 0 saturated heterocycles. The number of aromatic nitrogens is 2. The molecule has 0 amide bonds. The Hall–Kier alpha value is -4.30. The van der Waals surface area contributed by atoms with E-state index in [1.165, 1.54) is 44.1 Å². The Morgan fingerprint density at radius 3 is 1.18 bits per heavy atom. The van der Waals surface area contributed by atoms with Gasteiger partial charge >= 0.3 is 0 Å². The first-order valence-corrected chi connectivity index (χ1v) is 13.6. The van der Waals surface area contributed by atoms with Crippen LogP contribution in [0.5, 0.6) is 0 Å². The monoisotopic (exact) mass is 492 g/mol. The van der Waals surface area contributed by atoms with Gasteiger partial charge in [-0.15, -0.1) is 0 Å². The van der Waals surface area contributed by atoms with Crippen molar-refractivity contribution in [2.24, 2.45) is 14.1 Å². The van der Waals surface area contributed by atoms with Crippen LogP contribution in [0.25, 0.3) is 21.8 Å². The van der Waals surface area contributed by atoms with E-state index in [1.54, 1.807) is 0 Å². The van der Waals surface area contributed by atoms with Crippen molar-refractivity contribution in [2.45, 2.75) is 23.7 Å². The van der Waals surface area contributed by atoms with E-state index in [0.717, 1.165) is 0 Å². The lowest BCUT2D eigenvalue weighted by molar-refractivity contribution is -0.645. The van der Waals surface area contributed by atoms with Crippen LogP contribution < -0.4 is 9.13 Å². The van der Waals surface area contributed by atoms with Gasteiger partial charge in [-0.2, -0.15) is 0 Å². The van der Waals surface area contributed by atoms with Crippen molar-refractivity contribution in [1.29, 1.82) is 0 Å². The van der Waals surface area contributed by atoms with Gasteiger partial charge in [0, 0.05) is 35.0 Å². The van der Waals surface area contributed by atoms with Gasteiger partial charge in [0.25, 0.3) is 0 Å². The Bertz CT molecular complexity index is 1620. The molecule has 1 saturated carbocycles. The number of aryl methyl sites for hydroxylation is 2. The van der Waals surface area contributed by atoms with Crippen molar-refractivity contribution in [3.8, 4) is 0 Å². The molecular weight excluding hydrogens is 460 g/mol. The van der Waals surface area contributed by atoms with E-state index in [2.05, 4.69) is 157 Å². The van der Waals surface area contributed by atoms with Crippen LogP contribution in [0.4, 0.5) is 0 Å². The zero-order valence-corrected chi connectivity index (χ0v) is 21.9. The van der Waals surface area contributed by atoms with Crippen LogP contribution in [-0.4, -0.2) is 0 Å². The van der Waals surface area contributed by atoms with Crippen molar-refractivity contribution >= 4 is 21.8 Å². The molecule has 1 aliphatic carbocycles. The highest BCUT2D eigenvalue weighted by Crippen LogP contribution is 2.67. The van der Waals surface area contributed by atoms with E-state index in [4.69, 9.17) is 0 Å². The number of para-hydroxylation sites is 2. The minimum Gasteiger partial charge on any atom is -0.201 e. The lowest BCUT2D eigenvalue weighted by atomic mass is 9.48. The van der Waals surface area contributed by atoms with Crippen molar-refractivity contribution in [2.75, 3.05) is 0 Å². The zero-order valence-electron chi connectivity index (χ0n) is 21.9. The summed E-state index contributed by atoms with van der Waals surface area (Å²) < 4.78 is 4.49. The molecule has 38 heavy (non-hydrogen) atoms. The lowest BCUT2D eigenvalue weighted by Crippen LogP contribution is -2.41. The third-order valence-corrected chi connectivity index (χ3v) is 8.78. The fraction of sp³-hybridized carbons (Fsp3) is 0.167. The number of benzene rings is 4. The number of fused-ring (bicyclic) bond motifs is 2. The highest BCUT2D eigenvalue weighted by Gasteiger charge is 2.54. The summed E-state index contributed by atoms with van der Waals surface area (Å²) in [7, 11) is 4.30. The molecule has 0 aliphatic heterocycles. The van der Waals surface area contributed by atoms with Gasteiger partial charge in [0.15, 0.2) is 12.4 Å². The molecule has 184 valence electrons. The van der Waals surface area contributed by atoms with Gasteiger partial charge < -0.3 is 0 Å². The highest BCUT2D eigenvalue weighted by molar-refractivity contribution is 5.83. The molecule has 0 spiro atoms. The fourth-order valence-electron chi connectivity index (χ4n) is 7.06. The Kier molecular flexibility index (Phi) is 5.55. The van der Waals surface area contributed by atoms with E-state index in [1.807, 2.05) is 0 Å². The van der Waals surface area contributed by atoms with Crippen molar-refractivity contribution in [3.63, 3.8) is 0 Å². The molecular formula is C36H32N2+2. The first-order valence-electron chi connectivity index (χ1n) is 13.6. The van der Waals surface area contributed by atoms with Gasteiger partial charge in [-0.05, 0) is 58.1 Å². The average molecular weight is 493 g/mol. The second-order valence-corrected chi connectivity index (χ2v) is 10.7. The predicted molar refractivity (Wildman–Crippen MR) is 154 cm³/mol. The maximum absolute atomic E-state index is 2.37. The van der Waals surface area contributed by atoms with Gasteiger partial charge in [-0.3, -0.25) is 0 Å².